The molecule has 0 amide bonds. The number of hydrogen-bond donors (Lipinski definition) is 1. The summed E-state index contributed by atoms with van der Waals surface area (Å²) in [6.45, 7) is 3.87. The SMILES string of the molecule is CC[C@@](C#N)(N[S@@](=O)c1ccc(C)cc1)c1ccc(OC)cc1. The van der Waals surface area contributed by atoms with Gasteiger partial charge in [-0.2, -0.15) is 5.26 Å². The van der Waals surface area contributed by atoms with Gasteiger partial charge in [-0.25, -0.2) is 8.93 Å². The van der Waals surface area contributed by atoms with Gasteiger partial charge >= 0.3 is 0 Å². The van der Waals surface area contributed by atoms with Crippen LogP contribution in [0.15, 0.2) is 53.4 Å². The Bertz CT molecular complexity index is 720. The Labute approximate surface area is 139 Å². The third kappa shape index (κ3) is 3.79. The maximum atomic E-state index is 12.6. The van der Waals surface area contributed by atoms with Gasteiger partial charge in [0.25, 0.3) is 0 Å². The highest BCUT2D eigenvalue weighted by Crippen LogP contribution is 2.27. The van der Waals surface area contributed by atoms with Crippen LogP contribution < -0.4 is 9.46 Å². The quantitative estimate of drug-likeness (QED) is 0.883. The van der Waals surface area contributed by atoms with E-state index in [1.807, 2.05) is 50.2 Å². The molecule has 0 aromatic heterocycles. The lowest BCUT2D eigenvalue weighted by atomic mass is 9.90. The number of hydrogen-bond acceptors (Lipinski definition) is 3. The third-order valence-corrected chi connectivity index (χ3v) is 5.04. The van der Waals surface area contributed by atoms with Crippen LogP contribution in [0.25, 0.3) is 0 Å². The molecule has 120 valence electrons. The molecule has 5 heteroatoms. The van der Waals surface area contributed by atoms with Crippen molar-refractivity contribution in [3.63, 3.8) is 0 Å². The van der Waals surface area contributed by atoms with Crippen molar-refractivity contribution in [2.24, 2.45) is 0 Å². The number of rotatable bonds is 6. The highest BCUT2D eigenvalue weighted by molar-refractivity contribution is 7.83. The number of nitrogens with one attached hydrogen (secondary N) is 1. The maximum Gasteiger partial charge on any atom is 0.142 e. The van der Waals surface area contributed by atoms with Crippen LogP contribution in [0.4, 0.5) is 0 Å². The molecule has 4 nitrogen and oxygen atoms in total. The molecule has 0 aliphatic carbocycles. The van der Waals surface area contributed by atoms with Gasteiger partial charge in [0.2, 0.25) is 0 Å². The molecular formula is C18H20N2O2S. The molecule has 2 aromatic rings. The first-order valence-electron chi connectivity index (χ1n) is 7.36. The monoisotopic (exact) mass is 328 g/mol. The van der Waals surface area contributed by atoms with Crippen molar-refractivity contribution >= 4 is 11.0 Å². The number of methoxy groups -OCH3 is 1. The molecule has 0 radical (unpaired) electrons. The summed E-state index contributed by atoms with van der Waals surface area (Å²) in [4.78, 5) is 0.650. The van der Waals surface area contributed by atoms with Gasteiger partial charge in [0.05, 0.1) is 18.1 Å². The Kier molecular flexibility index (Phi) is 5.54. The summed E-state index contributed by atoms with van der Waals surface area (Å²) >= 11 is 0. The summed E-state index contributed by atoms with van der Waals surface area (Å²) in [7, 11) is 0.122. The van der Waals surface area contributed by atoms with Crippen molar-refractivity contribution in [3.05, 3.63) is 59.7 Å². The van der Waals surface area contributed by atoms with Gasteiger partial charge < -0.3 is 4.74 Å². The molecule has 1 N–H and O–H groups in total. The molecule has 2 rings (SSSR count). The topological polar surface area (TPSA) is 62.1 Å². The molecule has 2 atom stereocenters. The Morgan fingerprint density at radius 3 is 2.26 bits per heavy atom. The van der Waals surface area contributed by atoms with Crippen LogP contribution in [0.2, 0.25) is 0 Å². The van der Waals surface area contributed by atoms with Crippen molar-refractivity contribution in [2.45, 2.75) is 30.7 Å². The largest absolute Gasteiger partial charge is 0.497 e. The fourth-order valence-corrected chi connectivity index (χ4v) is 3.38. The van der Waals surface area contributed by atoms with E-state index in [4.69, 9.17) is 4.74 Å². The van der Waals surface area contributed by atoms with Gasteiger partial charge in [-0.3, -0.25) is 0 Å². The van der Waals surface area contributed by atoms with E-state index in [-0.39, 0.29) is 0 Å². The molecule has 23 heavy (non-hydrogen) atoms. The Balaban J connectivity index is 2.31. The first-order valence-corrected chi connectivity index (χ1v) is 8.51. The second-order valence-corrected chi connectivity index (χ2v) is 6.50. The van der Waals surface area contributed by atoms with Gasteiger partial charge in [0.1, 0.15) is 22.3 Å². The zero-order valence-corrected chi connectivity index (χ0v) is 14.3. The fraction of sp³-hybridized carbons (Fsp3) is 0.278. The molecule has 0 saturated carbocycles. The van der Waals surface area contributed by atoms with E-state index in [9.17, 15) is 9.47 Å². The highest BCUT2D eigenvalue weighted by atomic mass is 32.2. The van der Waals surface area contributed by atoms with Crippen molar-refractivity contribution in [3.8, 4) is 11.8 Å². The normalized spacial score (nSPS) is 14.5. The van der Waals surface area contributed by atoms with Crippen molar-refractivity contribution < 1.29 is 8.95 Å². The van der Waals surface area contributed by atoms with Crippen molar-refractivity contribution in [1.29, 1.82) is 5.26 Å². The lowest BCUT2D eigenvalue weighted by molar-refractivity contribution is 0.413. The molecule has 0 unspecified atom stereocenters. The van der Waals surface area contributed by atoms with Crippen LogP contribution in [0.1, 0.15) is 24.5 Å². The summed E-state index contributed by atoms with van der Waals surface area (Å²) in [6.07, 6.45) is 0.493. The molecule has 0 spiro atoms. The van der Waals surface area contributed by atoms with E-state index >= 15 is 0 Å². The lowest BCUT2D eigenvalue weighted by Crippen LogP contribution is -2.41. The fourth-order valence-electron chi connectivity index (χ4n) is 2.26. The van der Waals surface area contributed by atoms with Crippen LogP contribution in [0, 0.1) is 18.3 Å². The van der Waals surface area contributed by atoms with Gasteiger partial charge in [-0.1, -0.05) is 36.8 Å². The van der Waals surface area contributed by atoms with Gasteiger partial charge in [-0.05, 0) is 43.2 Å². The number of aryl methyl sites for hydroxylation is 1. The van der Waals surface area contributed by atoms with Crippen LogP contribution >= 0.6 is 0 Å². The lowest BCUT2D eigenvalue weighted by Gasteiger charge is -2.26. The summed E-state index contributed by atoms with van der Waals surface area (Å²) < 4.78 is 20.7. The van der Waals surface area contributed by atoms with E-state index in [1.54, 1.807) is 19.2 Å². The van der Waals surface area contributed by atoms with Crippen LogP contribution in [-0.2, 0) is 16.5 Å². The molecule has 2 aromatic carbocycles. The number of benzene rings is 2. The minimum Gasteiger partial charge on any atom is -0.497 e. The maximum absolute atomic E-state index is 12.6. The first kappa shape index (κ1) is 17.2. The highest BCUT2D eigenvalue weighted by Gasteiger charge is 2.32. The van der Waals surface area contributed by atoms with E-state index in [2.05, 4.69) is 10.8 Å². The molecule has 0 bridgehead atoms. The number of ether oxygens (including phenoxy) is 1. The molecule has 0 fully saturated rings. The first-order chi connectivity index (χ1) is 11.0. The van der Waals surface area contributed by atoms with Gasteiger partial charge in [0.15, 0.2) is 0 Å². The zero-order valence-electron chi connectivity index (χ0n) is 13.5. The predicted molar refractivity (Wildman–Crippen MR) is 91.3 cm³/mol. The average molecular weight is 328 g/mol. The molecule has 0 aliphatic rings. The Morgan fingerprint density at radius 1 is 1.17 bits per heavy atom. The van der Waals surface area contributed by atoms with E-state index in [0.29, 0.717) is 11.3 Å². The summed E-state index contributed by atoms with van der Waals surface area (Å²) in [5, 5.41) is 9.72. The predicted octanol–water partition coefficient (Wildman–Crippen LogP) is 3.44. The molecule has 0 saturated heterocycles. The van der Waals surface area contributed by atoms with Crippen molar-refractivity contribution in [1.82, 2.24) is 4.72 Å². The zero-order chi connectivity index (χ0) is 16.9. The molecule has 0 aliphatic heterocycles. The van der Waals surface area contributed by atoms with Crippen LogP contribution in [0.5, 0.6) is 5.75 Å². The third-order valence-electron chi connectivity index (χ3n) is 3.81. The second-order valence-electron chi connectivity index (χ2n) is 5.28. The Morgan fingerprint density at radius 2 is 1.78 bits per heavy atom. The van der Waals surface area contributed by atoms with E-state index < -0.39 is 16.5 Å². The van der Waals surface area contributed by atoms with Crippen molar-refractivity contribution in [2.75, 3.05) is 7.11 Å². The molecular weight excluding hydrogens is 308 g/mol. The average Bonchev–Trinajstić information content (AvgIpc) is 2.60. The van der Waals surface area contributed by atoms with Gasteiger partial charge in [-0.15, -0.1) is 0 Å². The molecule has 0 heterocycles. The minimum absolute atomic E-state index is 0.493. The Hall–Kier alpha value is -2.16. The summed E-state index contributed by atoms with van der Waals surface area (Å²) in [5.74, 6) is 0.719. The number of nitriles is 1. The summed E-state index contributed by atoms with van der Waals surface area (Å²) in [5.41, 5.74) is 0.855. The minimum atomic E-state index is -1.47. The van der Waals surface area contributed by atoms with Crippen LogP contribution in [-0.4, -0.2) is 11.3 Å². The number of nitrogens with zero attached hydrogens (tertiary/aromatic N) is 1. The summed E-state index contributed by atoms with van der Waals surface area (Å²) in [6, 6.07) is 17.0. The van der Waals surface area contributed by atoms with Gasteiger partial charge in [0, 0.05) is 0 Å². The second kappa shape index (κ2) is 7.40. The van der Waals surface area contributed by atoms with Crippen LogP contribution in [0.3, 0.4) is 0 Å². The van der Waals surface area contributed by atoms with E-state index in [0.717, 1.165) is 16.9 Å². The smallest absolute Gasteiger partial charge is 0.142 e. The standard InChI is InChI=1S/C18H20N2O2S/c1-4-18(13-19,15-7-9-16(22-3)10-8-15)20-23(21)17-11-5-14(2)6-12-17/h5-12,20H,4H2,1-3H3/t18-,23-/m0/s1. The van der Waals surface area contributed by atoms with E-state index in [1.165, 1.54) is 0 Å².